The molecule has 0 saturated carbocycles. The minimum Gasteiger partial charge on any atom is -0.456 e. The van der Waals surface area contributed by atoms with Gasteiger partial charge in [0.15, 0.2) is 5.82 Å². The number of nitrogens with zero attached hydrogens (tertiary/aromatic N) is 2. The number of para-hydroxylation sites is 1. The van der Waals surface area contributed by atoms with Crippen LogP contribution in [0.3, 0.4) is 0 Å². The summed E-state index contributed by atoms with van der Waals surface area (Å²) in [6, 6.07) is 78.1. The minimum atomic E-state index is -0.462. The van der Waals surface area contributed by atoms with Crippen LogP contribution in [0.5, 0.6) is 0 Å². The number of furan rings is 1. The Morgan fingerprint density at radius 2 is 0.917 bits per heavy atom. The van der Waals surface area contributed by atoms with Gasteiger partial charge in [-0.1, -0.05) is 182 Å². The van der Waals surface area contributed by atoms with Crippen LogP contribution in [0.4, 0.5) is 0 Å². The lowest BCUT2D eigenvalue weighted by Gasteiger charge is -2.33. The Balaban J connectivity index is 1.01. The highest BCUT2D eigenvalue weighted by Crippen LogP contribution is 2.56. The molecule has 1 aliphatic carbocycles. The van der Waals surface area contributed by atoms with Crippen LogP contribution < -0.4 is 0 Å². The van der Waals surface area contributed by atoms with E-state index >= 15 is 0 Å². The predicted molar refractivity (Wildman–Crippen MR) is 246 cm³/mol. The first kappa shape index (κ1) is 34.2. The first-order chi connectivity index (χ1) is 29.7. The first-order valence-electron chi connectivity index (χ1n) is 20.5. The highest BCUT2D eigenvalue weighted by atomic mass is 16.3. The smallest absolute Gasteiger partial charge is 0.160 e. The number of rotatable bonds is 6. The van der Waals surface area contributed by atoms with Crippen molar-refractivity contribution in [2.24, 2.45) is 0 Å². The number of hydrogen-bond acceptors (Lipinski definition) is 3. The van der Waals surface area contributed by atoms with Gasteiger partial charge in [-0.25, -0.2) is 9.97 Å². The highest BCUT2D eigenvalue weighted by molar-refractivity contribution is 6.06. The Morgan fingerprint density at radius 3 is 1.72 bits per heavy atom. The first-order valence-corrected chi connectivity index (χ1v) is 20.5. The minimum absolute atomic E-state index is 0.462. The van der Waals surface area contributed by atoms with Crippen molar-refractivity contribution in [1.29, 1.82) is 0 Å². The quantitative estimate of drug-likeness (QED) is 0.169. The average molecular weight is 765 g/mol. The van der Waals surface area contributed by atoms with Crippen LogP contribution in [0.1, 0.15) is 22.3 Å². The van der Waals surface area contributed by atoms with Crippen molar-refractivity contribution in [2.75, 3.05) is 0 Å². The molecule has 0 amide bonds. The van der Waals surface area contributed by atoms with E-state index in [1.54, 1.807) is 0 Å². The van der Waals surface area contributed by atoms with Gasteiger partial charge in [0.25, 0.3) is 0 Å². The molecule has 280 valence electrons. The molecule has 0 bridgehead atoms. The third kappa shape index (κ3) is 5.37. The maximum absolute atomic E-state index is 6.23. The summed E-state index contributed by atoms with van der Waals surface area (Å²) in [6.45, 7) is 0. The standard InChI is InChI=1S/C57H36N2O/c1-3-15-44(16-4-1)57(45-17-5-2-6-18-45)50-21-11-9-19-46(50)49-34-42(30-32-51(49)57)53-36-52(58-56(59-53)43-28-25-37-13-7-8-14-40(37)33-43)39-26-23-38(24-27-39)41-29-31-48-47-20-10-12-22-54(47)60-55(48)35-41/h1-36H. The van der Waals surface area contributed by atoms with E-state index in [4.69, 9.17) is 14.4 Å². The maximum atomic E-state index is 6.23. The summed E-state index contributed by atoms with van der Waals surface area (Å²) in [5.74, 6) is 0.691. The summed E-state index contributed by atoms with van der Waals surface area (Å²) in [5, 5.41) is 4.60. The molecule has 0 unspecified atom stereocenters. The van der Waals surface area contributed by atoms with E-state index in [9.17, 15) is 0 Å². The largest absolute Gasteiger partial charge is 0.456 e. The van der Waals surface area contributed by atoms with E-state index in [1.807, 2.05) is 12.1 Å². The SMILES string of the molecule is c1ccc(C2(c3ccccc3)c3ccccc3-c3cc(-c4cc(-c5ccc(-c6ccc7c(c6)oc6ccccc67)cc5)nc(-c5ccc6ccccc6c5)n4)ccc32)cc1. The summed E-state index contributed by atoms with van der Waals surface area (Å²) >= 11 is 0. The number of fused-ring (bicyclic) bond motifs is 7. The second-order valence-electron chi connectivity index (χ2n) is 15.7. The van der Waals surface area contributed by atoms with Gasteiger partial charge >= 0.3 is 0 Å². The van der Waals surface area contributed by atoms with Gasteiger partial charge in [0.2, 0.25) is 0 Å². The molecule has 12 rings (SSSR count). The Labute approximate surface area is 347 Å². The zero-order valence-corrected chi connectivity index (χ0v) is 32.6. The molecule has 0 radical (unpaired) electrons. The molecule has 0 fully saturated rings. The normalized spacial score (nSPS) is 12.8. The summed E-state index contributed by atoms with van der Waals surface area (Å²) in [6.07, 6.45) is 0. The van der Waals surface area contributed by atoms with Gasteiger partial charge in [-0.15, -0.1) is 0 Å². The second-order valence-corrected chi connectivity index (χ2v) is 15.7. The third-order valence-corrected chi connectivity index (χ3v) is 12.4. The number of aromatic nitrogens is 2. The maximum Gasteiger partial charge on any atom is 0.160 e. The molecule has 0 aliphatic heterocycles. The molecule has 3 heteroatoms. The second kappa shape index (κ2) is 13.6. The fraction of sp³-hybridized carbons (Fsp3) is 0.0175. The lowest BCUT2D eigenvalue weighted by atomic mass is 9.67. The fourth-order valence-electron chi connectivity index (χ4n) is 9.55. The van der Waals surface area contributed by atoms with Gasteiger partial charge in [-0.3, -0.25) is 0 Å². The summed E-state index contributed by atoms with van der Waals surface area (Å²) in [5.41, 5.74) is 15.8. The van der Waals surface area contributed by atoms with Crippen molar-refractivity contribution >= 4 is 32.7 Å². The van der Waals surface area contributed by atoms with Crippen molar-refractivity contribution in [3.63, 3.8) is 0 Å². The molecule has 9 aromatic carbocycles. The molecule has 1 aliphatic rings. The Hall–Kier alpha value is -7.88. The molecule has 2 aromatic heterocycles. The van der Waals surface area contributed by atoms with Crippen LogP contribution >= 0.6 is 0 Å². The van der Waals surface area contributed by atoms with Crippen molar-refractivity contribution in [2.45, 2.75) is 5.41 Å². The molecule has 60 heavy (non-hydrogen) atoms. The van der Waals surface area contributed by atoms with Gasteiger partial charge in [-0.05, 0) is 91.7 Å². The lowest BCUT2D eigenvalue weighted by Crippen LogP contribution is -2.28. The highest BCUT2D eigenvalue weighted by Gasteiger charge is 2.46. The van der Waals surface area contributed by atoms with E-state index in [0.717, 1.165) is 66.5 Å². The molecule has 0 atom stereocenters. The Morgan fingerprint density at radius 1 is 0.333 bits per heavy atom. The van der Waals surface area contributed by atoms with Crippen molar-refractivity contribution in [3.05, 3.63) is 241 Å². The van der Waals surface area contributed by atoms with Crippen LogP contribution in [-0.4, -0.2) is 9.97 Å². The molecule has 3 nitrogen and oxygen atoms in total. The third-order valence-electron chi connectivity index (χ3n) is 12.4. The van der Waals surface area contributed by atoms with Crippen LogP contribution in [0.25, 0.3) is 88.9 Å². The van der Waals surface area contributed by atoms with E-state index in [-0.39, 0.29) is 0 Å². The van der Waals surface area contributed by atoms with E-state index in [0.29, 0.717) is 5.82 Å². The lowest BCUT2D eigenvalue weighted by molar-refractivity contribution is 0.669. The number of benzene rings is 9. The fourth-order valence-corrected chi connectivity index (χ4v) is 9.55. The van der Waals surface area contributed by atoms with E-state index in [1.165, 1.54) is 38.8 Å². The Bertz CT molecular complexity index is 3380. The molecule has 2 heterocycles. The van der Waals surface area contributed by atoms with Gasteiger partial charge < -0.3 is 4.42 Å². The molecular formula is C57H36N2O. The van der Waals surface area contributed by atoms with Crippen LogP contribution in [-0.2, 0) is 5.41 Å². The van der Waals surface area contributed by atoms with Gasteiger partial charge in [0.05, 0.1) is 16.8 Å². The van der Waals surface area contributed by atoms with Crippen molar-refractivity contribution < 1.29 is 4.42 Å². The van der Waals surface area contributed by atoms with E-state index < -0.39 is 5.41 Å². The van der Waals surface area contributed by atoms with Crippen LogP contribution in [0, 0.1) is 0 Å². The van der Waals surface area contributed by atoms with Crippen LogP contribution in [0.15, 0.2) is 223 Å². The summed E-state index contributed by atoms with van der Waals surface area (Å²) in [4.78, 5) is 10.6. The Kier molecular flexibility index (Phi) is 7.76. The molecule has 0 N–H and O–H groups in total. The summed E-state index contributed by atoms with van der Waals surface area (Å²) in [7, 11) is 0. The molecule has 11 aromatic rings. The zero-order valence-electron chi connectivity index (χ0n) is 32.6. The zero-order chi connectivity index (χ0) is 39.6. The molecule has 0 saturated heterocycles. The van der Waals surface area contributed by atoms with Crippen molar-refractivity contribution in [1.82, 2.24) is 9.97 Å². The van der Waals surface area contributed by atoms with Gasteiger partial charge in [0, 0.05) is 27.5 Å². The topological polar surface area (TPSA) is 38.9 Å². The van der Waals surface area contributed by atoms with E-state index in [2.05, 4.69) is 206 Å². The predicted octanol–water partition coefficient (Wildman–Crippen LogP) is 14.6. The van der Waals surface area contributed by atoms with Gasteiger partial charge in [0.1, 0.15) is 11.2 Å². The summed E-state index contributed by atoms with van der Waals surface area (Å²) < 4.78 is 6.23. The van der Waals surface area contributed by atoms with Crippen LogP contribution in [0.2, 0.25) is 0 Å². The van der Waals surface area contributed by atoms with Gasteiger partial charge in [-0.2, -0.15) is 0 Å². The van der Waals surface area contributed by atoms with Crippen molar-refractivity contribution in [3.8, 4) is 56.2 Å². The average Bonchev–Trinajstić information content (AvgIpc) is 3.85. The monoisotopic (exact) mass is 764 g/mol. The molecule has 0 spiro atoms. The molecular weight excluding hydrogens is 729 g/mol. The number of hydrogen-bond donors (Lipinski definition) is 0.